The van der Waals surface area contributed by atoms with Crippen LogP contribution in [0.4, 0.5) is 0 Å². The number of nitrogens with zero attached hydrogens (tertiary/aromatic N) is 1. The van der Waals surface area contributed by atoms with Crippen molar-refractivity contribution in [2.75, 3.05) is 13.1 Å². The van der Waals surface area contributed by atoms with Gasteiger partial charge in [-0.15, -0.1) is 0 Å². The molecular formula is C17H34N2O2. The second-order valence-electron chi connectivity index (χ2n) is 7.49. The van der Waals surface area contributed by atoms with Crippen LogP contribution in [0.5, 0.6) is 0 Å². The van der Waals surface area contributed by atoms with E-state index in [4.69, 9.17) is 0 Å². The summed E-state index contributed by atoms with van der Waals surface area (Å²) in [6.45, 7) is 12.5. The molecule has 1 saturated carbocycles. The SMILES string of the molecule is CC(C)CCN(CCCC(C)(NC(C)C)C(=O)O)C1CC1. The maximum absolute atomic E-state index is 11.5. The molecule has 4 heteroatoms. The molecule has 0 amide bonds. The number of aliphatic carboxylic acids is 1. The van der Waals surface area contributed by atoms with Crippen LogP contribution in [0.15, 0.2) is 0 Å². The summed E-state index contributed by atoms with van der Waals surface area (Å²) in [6, 6.07) is 0.949. The van der Waals surface area contributed by atoms with E-state index in [0.717, 1.165) is 31.5 Å². The third-order valence-corrected chi connectivity index (χ3v) is 4.26. The molecule has 0 aromatic rings. The number of hydrogen-bond acceptors (Lipinski definition) is 3. The average Bonchev–Trinajstić information content (AvgIpc) is 3.16. The molecule has 0 saturated heterocycles. The lowest BCUT2D eigenvalue weighted by molar-refractivity contribution is -0.144. The smallest absolute Gasteiger partial charge is 0.323 e. The van der Waals surface area contributed by atoms with Gasteiger partial charge >= 0.3 is 5.97 Å². The van der Waals surface area contributed by atoms with Crippen molar-refractivity contribution in [3.05, 3.63) is 0 Å². The Balaban J connectivity index is 2.41. The lowest BCUT2D eigenvalue weighted by atomic mass is 9.94. The van der Waals surface area contributed by atoms with Gasteiger partial charge in [0.25, 0.3) is 0 Å². The van der Waals surface area contributed by atoms with Gasteiger partial charge in [-0.3, -0.25) is 10.1 Å². The quantitative estimate of drug-likeness (QED) is 0.615. The second kappa shape index (κ2) is 8.14. The van der Waals surface area contributed by atoms with Gasteiger partial charge in [-0.2, -0.15) is 0 Å². The first-order valence-corrected chi connectivity index (χ1v) is 8.49. The number of carbonyl (C=O) groups is 1. The highest BCUT2D eigenvalue weighted by Crippen LogP contribution is 2.28. The van der Waals surface area contributed by atoms with Gasteiger partial charge in [0.05, 0.1) is 0 Å². The molecule has 0 radical (unpaired) electrons. The van der Waals surface area contributed by atoms with Crippen molar-refractivity contribution in [2.24, 2.45) is 5.92 Å². The van der Waals surface area contributed by atoms with E-state index in [0.29, 0.717) is 6.42 Å². The summed E-state index contributed by atoms with van der Waals surface area (Å²) in [6.07, 6.45) is 5.50. The zero-order chi connectivity index (χ0) is 16.0. The fraction of sp³-hybridized carbons (Fsp3) is 0.941. The van der Waals surface area contributed by atoms with Gasteiger partial charge in [0.1, 0.15) is 5.54 Å². The molecule has 1 fully saturated rings. The number of hydrogen-bond donors (Lipinski definition) is 2. The third-order valence-electron chi connectivity index (χ3n) is 4.26. The van der Waals surface area contributed by atoms with Crippen molar-refractivity contribution in [1.29, 1.82) is 0 Å². The van der Waals surface area contributed by atoms with E-state index < -0.39 is 11.5 Å². The molecule has 4 nitrogen and oxygen atoms in total. The van der Waals surface area contributed by atoms with Gasteiger partial charge in [-0.25, -0.2) is 0 Å². The Morgan fingerprint density at radius 1 is 1.29 bits per heavy atom. The Labute approximate surface area is 130 Å². The Morgan fingerprint density at radius 3 is 2.33 bits per heavy atom. The van der Waals surface area contributed by atoms with Gasteiger partial charge in [0, 0.05) is 12.1 Å². The number of nitrogens with one attached hydrogen (secondary N) is 1. The summed E-state index contributed by atoms with van der Waals surface area (Å²) in [4.78, 5) is 14.1. The van der Waals surface area contributed by atoms with Crippen molar-refractivity contribution < 1.29 is 9.90 Å². The molecule has 0 heterocycles. The van der Waals surface area contributed by atoms with Crippen molar-refractivity contribution >= 4 is 5.97 Å². The third kappa shape index (κ3) is 6.79. The van der Waals surface area contributed by atoms with Crippen LogP contribution >= 0.6 is 0 Å². The Hall–Kier alpha value is -0.610. The fourth-order valence-electron chi connectivity index (χ4n) is 2.85. The number of carboxylic acid groups (broad SMARTS) is 1. The zero-order valence-corrected chi connectivity index (χ0v) is 14.5. The van der Waals surface area contributed by atoms with Gasteiger partial charge in [-0.1, -0.05) is 13.8 Å². The molecule has 1 atom stereocenters. The maximum atomic E-state index is 11.5. The normalized spacial score (nSPS) is 18.5. The number of carboxylic acids is 1. The molecule has 0 bridgehead atoms. The van der Waals surface area contributed by atoms with E-state index in [1.54, 1.807) is 0 Å². The summed E-state index contributed by atoms with van der Waals surface area (Å²) >= 11 is 0. The van der Waals surface area contributed by atoms with Crippen molar-refractivity contribution in [2.45, 2.75) is 84.3 Å². The summed E-state index contributed by atoms with van der Waals surface area (Å²) in [5.74, 6) is -0.00510. The molecule has 0 aliphatic heterocycles. The Bertz CT molecular complexity index is 327. The first-order valence-electron chi connectivity index (χ1n) is 8.49. The highest BCUT2D eigenvalue weighted by atomic mass is 16.4. The summed E-state index contributed by atoms with van der Waals surface area (Å²) < 4.78 is 0. The van der Waals surface area contributed by atoms with Crippen LogP contribution in [-0.2, 0) is 4.79 Å². The highest BCUT2D eigenvalue weighted by Gasteiger charge is 2.34. The molecule has 1 unspecified atom stereocenters. The molecule has 1 aliphatic rings. The molecule has 0 aromatic heterocycles. The van der Waals surface area contributed by atoms with Crippen molar-refractivity contribution in [3.8, 4) is 0 Å². The lowest BCUT2D eigenvalue weighted by Gasteiger charge is -2.30. The lowest BCUT2D eigenvalue weighted by Crippen LogP contribution is -2.52. The highest BCUT2D eigenvalue weighted by molar-refractivity contribution is 5.78. The van der Waals surface area contributed by atoms with Crippen LogP contribution in [0.25, 0.3) is 0 Å². The molecule has 2 N–H and O–H groups in total. The molecule has 124 valence electrons. The molecular weight excluding hydrogens is 264 g/mol. The summed E-state index contributed by atoms with van der Waals surface area (Å²) in [7, 11) is 0. The van der Waals surface area contributed by atoms with Crippen molar-refractivity contribution in [1.82, 2.24) is 10.2 Å². The van der Waals surface area contributed by atoms with E-state index in [1.165, 1.54) is 19.3 Å². The minimum absolute atomic E-state index is 0.187. The predicted molar refractivity (Wildman–Crippen MR) is 87.6 cm³/mol. The van der Waals surface area contributed by atoms with Gasteiger partial charge < -0.3 is 10.0 Å². The molecule has 1 aliphatic carbocycles. The largest absolute Gasteiger partial charge is 0.480 e. The van der Waals surface area contributed by atoms with E-state index in [2.05, 4.69) is 24.1 Å². The van der Waals surface area contributed by atoms with Crippen LogP contribution < -0.4 is 5.32 Å². The zero-order valence-electron chi connectivity index (χ0n) is 14.5. The first kappa shape index (κ1) is 18.4. The van der Waals surface area contributed by atoms with Crippen molar-refractivity contribution in [3.63, 3.8) is 0 Å². The van der Waals surface area contributed by atoms with Gasteiger partial charge in [0.2, 0.25) is 0 Å². The fourth-order valence-corrected chi connectivity index (χ4v) is 2.85. The van der Waals surface area contributed by atoms with Crippen LogP contribution in [-0.4, -0.2) is 46.7 Å². The van der Waals surface area contributed by atoms with Gasteiger partial charge in [0.15, 0.2) is 0 Å². The Kier molecular flexibility index (Phi) is 7.14. The topological polar surface area (TPSA) is 52.6 Å². The minimum Gasteiger partial charge on any atom is -0.480 e. The maximum Gasteiger partial charge on any atom is 0.323 e. The van der Waals surface area contributed by atoms with E-state index in [9.17, 15) is 9.90 Å². The average molecular weight is 298 g/mol. The predicted octanol–water partition coefficient (Wildman–Crippen LogP) is 3.12. The van der Waals surface area contributed by atoms with Crippen LogP contribution in [0, 0.1) is 5.92 Å². The Morgan fingerprint density at radius 2 is 1.90 bits per heavy atom. The molecule has 21 heavy (non-hydrogen) atoms. The standard InChI is InChI=1S/C17H34N2O2/c1-13(2)9-12-19(15-7-8-15)11-6-10-17(5,16(20)21)18-14(3)4/h13-15,18H,6-12H2,1-5H3,(H,20,21). The number of rotatable bonds is 11. The van der Waals surface area contributed by atoms with E-state index >= 15 is 0 Å². The van der Waals surface area contributed by atoms with Crippen LogP contribution in [0.1, 0.15) is 66.7 Å². The second-order valence-corrected chi connectivity index (χ2v) is 7.49. The van der Waals surface area contributed by atoms with Crippen LogP contribution in [0.3, 0.4) is 0 Å². The molecule has 0 aromatic carbocycles. The van der Waals surface area contributed by atoms with Crippen LogP contribution in [0.2, 0.25) is 0 Å². The monoisotopic (exact) mass is 298 g/mol. The van der Waals surface area contributed by atoms with E-state index in [-0.39, 0.29) is 6.04 Å². The molecule has 0 spiro atoms. The summed E-state index contributed by atoms with van der Waals surface area (Å²) in [5, 5.41) is 12.7. The van der Waals surface area contributed by atoms with Gasteiger partial charge in [-0.05, 0) is 71.9 Å². The molecule has 1 rings (SSSR count). The summed E-state index contributed by atoms with van der Waals surface area (Å²) in [5.41, 5.74) is -0.804. The minimum atomic E-state index is -0.804. The first-order chi connectivity index (χ1) is 9.74. The van der Waals surface area contributed by atoms with E-state index in [1.807, 2.05) is 20.8 Å².